The Morgan fingerprint density at radius 2 is 1.94 bits per heavy atom. The number of aliphatic hydroxyl groups excluding tert-OH is 1. The van der Waals surface area contributed by atoms with E-state index >= 15 is 0 Å². The van der Waals surface area contributed by atoms with Crippen LogP contribution in [0.15, 0.2) is 0 Å². The van der Waals surface area contributed by atoms with Crippen LogP contribution in [0.2, 0.25) is 0 Å². The minimum absolute atomic E-state index is 0.0745. The molecular weight excluding hydrogens is 212 g/mol. The normalized spacial score (nSPS) is 17.1. The minimum atomic E-state index is -0.0745. The lowest BCUT2D eigenvalue weighted by molar-refractivity contribution is 0.140. The van der Waals surface area contributed by atoms with Crippen molar-refractivity contribution in [3.8, 4) is 0 Å². The highest BCUT2D eigenvalue weighted by molar-refractivity contribution is 4.84. The Kier molecular flexibility index (Phi) is 8.83. The van der Waals surface area contributed by atoms with Crippen molar-refractivity contribution < 1.29 is 5.11 Å². The number of nitrogens with one attached hydrogen (secondary N) is 1. The molecule has 104 valence electrons. The molecular formula is C14H32N2O. The van der Waals surface area contributed by atoms with E-state index < -0.39 is 0 Å². The van der Waals surface area contributed by atoms with Crippen LogP contribution in [0.3, 0.4) is 0 Å². The Bertz CT molecular complexity index is 173. The van der Waals surface area contributed by atoms with Crippen molar-refractivity contribution in [2.24, 2.45) is 0 Å². The van der Waals surface area contributed by atoms with Gasteiger partial charge in [0.1, 0.15) is 0 Å². The van der Waals surface area contributed by atoms with Gasteiger partial charge in [0.05, 0.1) is 6.61 Å². The molecule has 0 fully saturated rings. The molecule has 0 aliphatic heterocycles. The number of hydrogen-bond donors (Lipinski definition) is 2. The summed E-state index contributed by atoms with van der Waals surface area (Å²) in [7, 11) is 1.95. The van der Waals surface area contributed by atoms with Crippen LogP contribution in [-0.4, -0.2) is 48.3 Å². The maximum Gasteiger partial charge on any atom is 0.0613 e. The molecule has 0 aromatic heterocycles. The van der Waals surface area contributed by atoms with Gasteiger partial charge in [-0.05, 0) is 52.7 Å². The molecule has 0 saturated carbocycles. The van der Waals surface area contributed by atoms with E-state index in [1.807, 2.05) is 7.05 Å². The summed E-state index contributed by atoms with van der Waals surface area (Å²) < 4.78 is 0. The molecule has 17 heavy (non-hydrogen) atoms. The van der Waals surface area contributed by atoms with Crippen molar-refractivity contribution in [1.82, 2.24) is 10.2 Å². The zero-order valence-electron chi connectivity index (χ0n) is 12.4. The van der Waals surface area contributed by atoms with Gasteiger partial charge in [0.2, 0.25) is 0 Å². The van der Waals surface area contributed by atoms with E-state index in [0.29, 0.717) is 6.04 Å². The minimum Gasteiger partial charge on any atom is -0.394 e. The van der Waals surface area contributed by atoms with E-state index in [1.54, 1.807) is 0 Å². The van der Waals surface area contributed by atoms with Crippen LogP contribution in [0.25, 0.3) is 0 Å². The summed E-state index contributed by atoms with van der Waals surface area (Å²) in [6, 6.07) is 0.666. The third-order valence-electron chi connectivity index (χ3n) is 4.23. The molecule has 3 heteroatoms. The first kappa shape index (κ1) is 16.9. The maximum atomic E-state index is 9.48. The van der Waals surface area contributed by atoms with Crippen LogP contribution >= 0.6 is 0 Å². The van der Waals surface area contributed by atoms with Gasteiger partial charge >= 0.3 is 0 Å². The first-order valence-corrected chi connectivity index (χ1v) is 7.12. The van der Waals surface area contributed by atoms with Crippen molar-refractivity contribution in [1.29, 1.82) is 0 Å². The molecule has 0 spiro atoms. The quantitative estimate of drug-likeness (QED) is 0.619. The number of hydrogen-bond acceptors (Lipinski definition) is 3. The summed E-state index contributed by atoms with van der Waals surface area (Å²) >= 11 is 0. The lowest BCUT2D eigenvalue weighted by Crippen LogP contribution is -2.46. The molecule has 0 bridgehead atoms. The number of rotatable bonds is 10. The van der Waals surface area contributed by atoms with E-state index in [9.17, 15) is 5.11 Å². The van der Waals surface area contributed by atoms with Gasteiger partial charge in [-0.2, -0.15) is 0 Å². The second-order valence-corrected chi connectivity index (χ2v) is 5.03. The van der Waals surface area contributed by atoms with E-state index in [-0.39, 0.29) is 12.1 Å². The summed E-state index contributed by atoms with van der Waals surface area (Å²) in [4.78, 5) is 2.52. The lowest BCUT2D eigenvalue weighted by atomic mass is 9.91. The fraction of sp³-hybridized carbons (Fsp3) is 1.00. The second kappa shape index (κ2) is 8.90. The SMILES string of the molecule is CCC(C)N(CC)CCCC(CC)(CO)NC. The van der Waals surface area contributed by atoms with Gasteiger partial charge < -0.3 is 15.3 Å². The Balaban J connectivity index is 4.10. The molecule has 0 radical (unpaired) electrons. The van der Waals surface area contributed by atoms with E-state index in [4.69, 9.17) is 0 Å². The van der Waals surface area contributed by atoms with Crippen molar-refractivity contribution in [2.75, 3.05) is 26.7 Å². The molecule has 0 aromatic carbocycles. The molecule has 0 aliphatic rings. The Hall–Kier alpha value is -0.120. The van der Waals surface area contributed by atoms with Crippen LogP contribution < -0.4 is 5.32 Å². The predicted octanol–water partition coefficient (Wildman–Crippen LogP) is 2.25. The molecule has 0 rings (SSSR count). The molecule has 0 aromatic rings. The zero-order valence-corrected chi connectivity index (χ0v) is 12.4. The van der Waals surface area contributed by atoms with E-state index in [0.717, 1.165) is 32.4 Å². The average molecular weight is 244 g/mol. The van der Waals surface area contributed by atoms with E-state index in [1.165, 1.54) is 6.42 Å². The van der Waals surface area contributed by atoms with Gasteiger partial charge in [-0.1, -0.05) is 20.8 Å². The Labute approximate surface area is 108 Å². The maximum absolute atomic E-state index is 9.48. The van der Waals surface area contributed by atoms with Crippen molar-refractivity contribution in [3.05, 3.63) is 0 Å². The smallest absolute Gasteiger partial charge is 0.0613 e. The molecule has 0 heterocycles. The topological polar surface area (TPSA) is 35.5 Å². The van der Waals surface area contributed by atoms with Gasteiger partial charge in [-0.25, -0.2) is 0 Å². The largest absolute Gasteiger partial charge is 0.394 e. The summed E-state index contributed by atoms with van der Waals surface area (Å²) in [5.41, 5.74) is -0.0745. The first-order chi connectivity index (χ1) is 8.09. The van der Waals surface area contributed by atoms with Crippen molar-refractivity contribution in [3.63, 3.8) is 0 Å². The molecule has 0 aliphatic carbocycles. The van der Waals surface area contributed by atoms with Crippen molar-refractivity contribution >= 4 is 0 Å². The Morgan fingerprint density at radius 3 is 2.29 bits per heavy atom. The monoisotopic (exact) mass is 244 g/mol. The Morgan fingerprint density at radius 1 is 1.29 bits per heavy atom. The standard InChI is InChI=1S/C14H32N2O/c1-6-13(4)16(8-3)11-9-10-14(7-2,12-17)15-5/h13,15,17H,6-12H2,1-5H3. The molecule has 2 atom stereocenters. The summed E-state index contributed by atoms with van der Waals surface area (Å²) in [5.74, 6) is 0. The molecule has 2 unspecified atom stereocenters. The van der Waals surface area contributed by atoms with Crippen LogP contribution in [0, 0.1) is 0 Å². The number of aliphatic hydroxyl groups is 1. The van der Waals surface area contributed by atoms with Gasteiger partial charge in [-0.3, -0.25) is 0 Å². The predicted molar refractivity (Wildman–Crippen MR) is 75.4 cm³/mol. The molecule has 3 nitrogen and oxygen atoms in total. The summed E-state index contributed by atoms with van der Waals surface area (Å²) in [6.07, 6.45) is 4.38. The van der Waals surface area contributed by atoms with Crippen LogP contribution in [0.4, 0.5) is 0 Å². The van der Waals surface area contributed by atoms with Crippen LogP contribution in [0.5, 0.6) is 0 Å². The third-order valence-corrected chi connectivity index (χ3v) is 4.23. The second-order valence-electron chi connectivity index (χ2n) is 5.03. The van der Waals surface area contributed by atoms with Gasteiger partial charge in [0.25, 0.3) is 0 Å². The molecule has 0 amide bonds. The summed E-state index contributed by atoms with van der Waals surface area (Å²) in [6.45, 7) is 11.4. The molecule has 2 N–H and O–H groups in total. The number of nitrogens with zero attached hydrogens (tertiary/aromatic N) is 1. The van der Waals surface area contributed by atoms with Gasteiger partial charge in [0, 0.05) is 11.6 Å². The summed E-state index contributed by atoms with van der Waals surface area (Å²) in [5, 5.41) is 12.8. The van der Waals surface area contributed by atoms with Gasteiger partial charge in [-0.15, -0.1) is 0 Å². The highest BCUT2D eigenvalue weighted by atomic mass is 16.3. The molecule has 0 saturated heterocycles. The fourth-order valence-electron chi connectivity index (χ4n) is 2.32. The van der Waals surface area contributed by atoms with E-state index in [2.05, 4.69) is 37.9 Å². The zero-order chi connectivity index (χ0) is 13.3. The van der Waals surface area contributed by atoms with Crippen LogP contribution in [0.1, 0.15) is 53.4 Å². The fourth-order valence-corrected chi connectivity index (χ4v) is 2.32. The highest BCUT2D eigenvalue weighted by Crippen LogP contribution is 2.17. The van der Waals surface area contributed by atoms with Crippen molar-refractivity contribution in [2.45, 2.75) is 65.0 Å². The number of likely N-dealkylation sites (N-methyl/N-ethyl adjacent to an activating group) is 1. The highest BCUT2D eigenvalue weighted by Gasteiger charge is 2.24. The van der Waals surface area contributed by atoms with Crippen LogP contribution in [-0.2, 0) is 0 Å². The average Bonchev–Trinajstić information content (AvgIpc) is 2.39. The van der Waals surface area contributed by atoms with Gasteiger partial charge in [0.15, 0.2) is 0 Å². The lowest BCUT2D eigenvalue weighted by Gasteiger charge is -2.33. The first-order valence-electron chi connectivity index (χ1n) is 7.12. The third kappa shape index (κ3) is 5.36.